The van der Waals surface area contributed by atoms with E-state index in [4.69, 9.17) is 10.2 Å². The largest absolute Gasteiger partial charge is 0.461 e. The Bertz CT molecular complexity index is 748. The van der Waals surface area contributed by atoms with E-state index in [1.165, 1.54) is 0 Å². The third-order valence-corrected chi connectivity index (χ3v) is 3.30. The van der Waals surface area contributed by atoms with Crippen LogP contribution in [0.25, 0.3) is 22.8 Å². The van der Waals surface area contributed by atoms with Crippen molar-refractivity contribution in [1.82, 2.24) is 9.97 Å². The van der Waals surface area contributed by atoms with Gasteiger partial charge < -0.3 is 10.2 Å². The van der Waals surface area contributed by atoms with Crippen LogP contribution >= 0.6 is 0 Å². The SMILES string of the molecule is Cc1ccoc1-c1nc(N)c(C)c(-c2ccccc2)n1. The fourth-order valence-corrected chi connectivity index (χ4v) is 2.11. The summed E-state index contributed by atoms with van der Waals surface area (Å²) in [4.78, 5) is 8.96. The van der Waals surface area contributed by atoms with Crippen molar-refractivity contribution in [1.29, 1.82) is 0 Å². The molecule has 0 aliphatic carbocycles. The topological polar surface area (TPSA) is 64.9 Å². The maximum Gasteiger partial charge on any atom is 0.198 e. The molecule has 0 aliphatic rings. The minimum Gasteiger partial charge on any atom is -0.461 e. The van der Waals surface area contributed by atoms with Crippen LogP contribution in [0.4, 0.5) is 5.82 Å². The summed E-state index contributed by atoms with van der Waals surface area (Å²) in [7, 11) is 0. The third-order valence-electron chi connectivity index (χ3n) is 3.30. The number of benzene rings is 1. The van der Waals surface area contributed by atoms with Gasteiger partial charge in [0, 0.05) is 11.1 Å². The second kappa shape index (κ2) is 4.81. The van der Waals surface area contributed by atoms with E-state index in [0.717, 1.165) is 22.4 Å². The molecule has 20 heavy (non-hydrogen) atoms. The number of nitrogens with two attached hydrogens (primary N) is 1. The van der Waals surface area contributed by atoms with E-state index in [1.807, 2.05) is 50.2 Å². The van der Waals surface area contributed by atoms with E-state index >= 15 is 0 Å². The lowest BCUT2D eigenvalue weighted by atomic mass is 10.1. The maximum absolute atomic E-state index is 6.02. The summed E-state index contributed by atoms with van der Waals surface area (Å²) in [6.45, 7) is 3.89. The number of anilines is 1. The summed E-state index contributed by atoms with van der Waals surface area (Å²) in [5.41, 5.74) is 9.75. The molecule has 0 saturated carbocycles. The van der Waals surface area contributed by atoms with E-state index < -0.39 is 0 Å². The number of rotatable bonds is 2. The fraction of sp³-hybridized carbons (Fsp3) is 0.125. The van der Waals surface area contributed by atoms with E-state index in [0.29, 0.717) is 17.4 Å². The van der Waals surface area contributed by atoms with Gasteiger partial charge in [-0.1, -0.05) is 30.3 Å². The van der Waals surface area contributed by atoms with E-state index in [9.17, 15) is 0 Å². The van der Waals surface area contributed by atoms with Gasteiger partial charge in [-0.25, -0.2) is 9.97 Å². The minimum atomic E-state index is 0.477. The van der Waals surface area contributed by atoms with E-state index in [-0.39, 0.29) is 0 Å². The highest BCUT2D eigenvalue weighted by molar-refractivity contribution is 5.70. The molecule has 2 N–H and O–H groups in total. The Kier molecular flexibility index (Phi) is 2.99. The van der Waals surface area contributed by atoms with Crippen molar-refractivity contribution in [2.75, 3.05) is 5.73 Å². The van der Waals surface area contributed by atoms with Crippen molar-refractivity contribution in [2.24, 2.45) is 0 Å². The van der Waals surface area contributed by atoms with Crippen molar-refractivity contribution in [3.8, 4) is 22.8 Å². The molecule has 0 saturated heterocycles. The first-order valence-corrected chi connectivity index (χ1v) is 6.41. The van der Waals surface area contributed by atoms with Crippen LogP contribution in [0.1, 0.15) is 11.1 Å². The van der Waals surface area contributed by atoms with Gasteiger partial charge in [-0.3, -0.25) is 0 Å². The van der Waals surface area contributed by atoms with Gasteiger partial charge in [-0.2, -0.15) is 0 Å². The highest BCUT2D eigenvalue weighted by Crippen LogP contribution is 2.29. The molecular weight excluding hydrogens is 250 g/mol. The Morgan fingerprint density at radius 2 is 1.75 bits per heavy atom. The summed E-state index contributed by atoms with van der Waals surface area (Å²) in [5.74, 6) is 1.66. The molecule has 0 unspecified atom stereocenters. The zero-order valence-corrected chi connectivity index (χ0v) is 11.4. The van der Waals surface area contributed by atoms with Gasteiger partial charge in [0.2, 0.25) is 0 Å². The van der Waals surface area contributed by atoms with E-state index in [1.54, 1.807) is 6.26 Å². The Balaban J connectivity index is 2.21. The van der Waals surface area contributed by atoms with Crippen molar-refractivity contribution in [3.63, 3.8) is 0 Å². The van der Waals surface area contributed by atoms with Crippen molar-refractivity contribution >= 4 is 5.82 Å². The predicted octanol–water partition coefficient (Wildman–Crippen LogP) is 3.60. The lowest BCUT2D eigenvalue weighted by molar-refractivity contribution is 0.576. The first-order valence-electron chi connectivity index (χ1n) is 6.41. The summed E-state index contributed by atoms with van der Waals surface area (Å²) in [6.07, 6.45) is 1.63. The second-order valence-corrected chi connectivity index (χ2v) is 4.70. The molecule has 4 nitrogen and oxygen atoms in total. The quantitative estimate of drug-likeness (QED) is 0.768. The monoisotopic (exact) mass is 265 g/mol. The van der Waals surface area contributed by atoms with Crippen LogP contribution in [0, 0.1) is 13.8 Å². The zero-order chi connectivity index (χ0) is 14.1. The summed E-state index contributed by atoms with van der Waals surface area (Å²) >= 11 is 0. The first-order chi connectivity index (χ1) is 9.66. The van der Waals surface area contributed by atoms with Gasteiger partial charge in [0.1, 0.15) is 5.82 Å². The molecule has 0 amide bonds. The second-order valence-electron chi connectivity index (χ2n) is 4.70. The third kappa shape index (κ3) is 2.05. The minimum absolute atomic E-state index is 0.477. The highest BCUT2D eigenvalue weighted by atomic mass is 16.3. The van der Waals surface area contributed by atoms with E-state index in [2.05, 4.69) is 9.97 Å². The Morgan fingerprint density at radius 3 is 2.40 bits per heavy atom. The average molecular weight is 265 g/mol. The average Bonchev–Trinajstić information content (AvgIpc) is 2.89. The van der Waals surface area contributed by atoms with Gasteiger partial charge >= 0.3 is 0 Å². The fourth-order valence-electron chi connectivity index (χ4n) is 2.11. The molecule has 0 spiro atoms. The molecule has 0 bridgehead atoms. The Hall–Kier alpha value is -2.62. The number of aromatic nitrogens is 2. The molecule has 3 rings (SSSR count). The number of hydrogen-bond acceptors (Lipinski definition) is 4. The van der Waals surface area contributed by atoms with Crippen LogP contribution in [-0.2, 0) is 0 Å². The van der Waals surface area contributed by atoms with Crippen LogP contribution in [0.2, 0.25) is 0 Å². The highest BCUT2D eigenvalue weighted by Gasteiger charge is 2.15. The van der Waals surface area contributed by atoms with Gasteiger partial charge in [-0.15, -0.1) is 0 Å². The molecule has 2 aromatic heterocycles. The number of hydrogen-bond donors (Lipinski definition) is 1. The molecule has 1 aromatic carbocycles. The van der Waals surface area contributed by atoms with Crippen molar-refractivity contribution < 1.29 is 4.42 Å². The van der Waals surface area contributed by atoms with Crippen molar-refractivity contribution in [3.05, 3.63) is 53.8 Å². The lowest BCUT2D eigenvalue weighted by Crippen LogP contribution is -2.02. The molecule has 0 aliphatic heterocycles. The van der Waals surface area contributed by atoms with Gasteiger partial charge in [-0.05, 0) is 25.5 Å². The van der Waals surface area contributed by atoms with Gasteiger partial charge in [0.25, 0.3) is 0 Å². The summed E-state index contributed by atoms with van der Waals surface area (Å²) in [6, 6.07) is 11.8. The number of aryl methyl sites for hydroxylation is 1. The molecular formula is C16H15N3O. The number of nitrogen functional groups attached to an aromatic ring is 1. The predicted molar refractivity (Wildman–Crippen MR) is 79.1 cm³/mol. The summed E-state index contributed by atoms with van der Waals surface area (Å²) in [5, 5.41) is 0. The first kappa shape index (κ1) is 12.4. The smallest absolute Gasteiger partial charge is 0.198 e. The molecule has 0 radical (unpaired) electrons. The maximum atomic E-state index is 6.02. The molecule has 4 heteroatoms. The molecule has 3 aromatic rings. The van der Waals surface area contributed by atoms with Crippen LogP contribution in [0.5, 0.6) is 0 Å². The van der Waals surface area contributed by atoms with Crippen LogP contribution < -0.4 is 5.73 Å². The van der Waals surface area contributed by atoms with Gasteiger partial charge in [0.15, 0.2) is 11.6 Å². The molecule has 100 valence electrons. The van der Waals surface area contributed by atoms with Crippen LogP contribution in [0.15, 0.2) is 47.1 Å². The summed E-state index contributed by atoms with van der Waals surface area (Å²) < 4.78 is 5.46. The van der Waals surface area contributed by atoms with Gasteiger partial charge in [0.05, 0.1) is 12.0 Å². The lowest BCUT2D eigenvalue weighted by Gasteiger charge is -2.09. The number of nitrogens with zero attached hydrogens (tertiary/aromatic N) is 2. The normalized spacial score (nSPS) is 10.7. The Labute approximate surface area is 117 Å². The van der Waals surface area contributed by atoms with Crippen molar-refractivity contribution in [2.45, 2.75) is 13.8 Å². The standard InChI is InChI=1S/C16H15N3O/c1-10-8-9-20-14(10)16-18-13(11(2)15(17)19-16)12-6-4-3-5-7-12/h3-9H,1-2H3,(H2,17,18,19). The van der Waals surface area contributed by atoms with Crippen LogP contribution in [0.3, 0.4) is 0 Å². The molecule has 2 heterocycles. The Morgan fingerprint density at radius 1 is 1.00 bits per heavy atom. The molecule has 0 fully saturated rings. The van der Waals surface area contributed by atoms with Crippen LogP contribution in [-0.4, -0.2) is 9.97 Å². The molecule has 0 atom stereocenters. The number of furan rings is 1. The zero-order valence-electron chi connectivity index (χ0n) is 11.4.